The first-order valence-corrected chi connectivity index (χ1v) is 6.63. The lowest BCUT2D eigenvalue weighted by Crippen LogP contribution is -2.41. The van der Waals surface area contributed by atoms with Crippen molar-refractivity contribution in [3.8, 4) is 0 Å². The first-order valence-electron chi connectivity index (χ1n) is 6.63. The number of amides is 1. The number of pyridine rings is 1. The third kappa shape index (κ3) is 2.88. The highest BCUT2D eigenvalue weighted by Gasteiger charge is 2.25. The average molecular weight is 247 g/mol. The Balaban J connectivity index is 2.07. The highest BCUT2D eigenvalue weighted by Crippen LogP contribution is 2.21. The van der Waals surface area contributed by atoms with Crippen LogP contribution in [0.25, 0.3) is 0 Å². The van der Waals surface area contributed by atoms with Crippen LogP contribution in [0.1, 0.15) is 35.3 Å². The minimum absolute atomic E-state index is 0.0646. The van der Waals surface area contributed by atoms with Crippen molar-refractivity contribution < 1.29 is 4.79 Å². The van der Waals surface area contributed by atoms with Gasteiger partial charge in [0.25, 0.3) is 5.91 Å². The molecule has 1 aliphatic rings. The minimum Gasteiger partial charge on any atom is -0.337 e. The summed E-state index contributed by atoms with van der Waals surface area (Å²) in [5.41, 5.74) is 7.14. The number of aromatic nitrogens is 1. The predicted molar refractivity (Wildman–Crippen MR) is 71.3 cm³/mol. The summed E-state index contributed by atoms with van der Waals surface area (Å²) < 4.78 is 0. The van der Waals surface area contributed by atoms with Crippen molar-refractivity contribution in [2.75, 3.05) is 19.6 Å². The van der Waals surface area contributed by atoms with Gasteiger partial charge in [0.05, 0.1) is 0 Å². The molecule has 1 amide bonds. The Kier molecular flexibility index (Phi) is 4.31. The molecule has 0 radical (unpaired) electrons. The average Bonchev–Trinajstić information content (AvgIpc) is 2.39. The van der Waals surface area contributed by atoms with Crippen molar-refractivity contribution >= 4 is 5.91 Å². The summed E-state index contributed by atoms with van der Waals surface area (Å²) >= 11 is 0. The van der Waals surface area contributed by atoms with Crippen LogP contribution in [0.4, 0.5) is 0 Å². The summed E-state index contributed by atoms with van der Waals surface area (Å²) in [5, 5.41) is 0. The van der Waals surface area contributed by atoms with Crippen LogP contribution >= 0.6 is 0 Å². The maximum absolute atomic E-state index is 12.4. The molecular weight excluding hydrogens is 226 g/mol. The number of likely N-dealkylation sites (tertiary alicyclic amines) is 1. The smallest absolute Gasteiger partial charge is 0.272 e. The fourth-order valence-corrected chi connectivity index (χ4v) is 2.58. The predicted octanol–water partition coefficient (Wildman–Crippen LogP) is 1.59. The summed E-state index contributed by atoms with van der Waals surface area (Å²) in [7, 11) is 0. The molecule has 1 aromatic heterocycles. The zero-order valence-electron chi connectivity index (χ0n) is 10.9. The minimum atomic E-state index is 0.0646. The first-order chi connectivity index (χ1) is 8.72. The molecule has 0 aliphatic carbocycles. The molecule has 0 spiro atoms. The molecule has 2 rings (SSSR count). The summed E-state index contributed by atoms with van der Waals surface area (Å²) in [4.78, 5) is 18.5. The van der Waals surface area contributed by atoms with Gasteiger partial charge in [0.1, 0.15) is 5.69 Å². The molecule has 4 nitrogen and oxygen atoms in total. The van der Waals surface area contributed by atoms with E-state index < -0.39 is 0 Å². The van der Waals surface area contributed by atoms with E-state index in [0.717, 1.165) is 31.5 Å². The van der Waals surface area contributed by atoms with E-state index in [1.165, 1.54) is 6.42 Å². The van der Waals surface area contributed by atoms with Crippen LogP contribution in [0, 0.1) is 12.8 Å². The topological polar surface area (TPSA) is 59.2 Å². The summed E-state index contributed by atoms with van der Waals surface area (Å²) in [6, 6.07) is 3.79. The van der Waals surface area contributed by atoms with Gasteiger partial charge in [0.2, 0.25) is 0 Å². The largest absolute Gasteiger partial charge is 0.337 e. The van der Waals surface area contributed by atoms with Gasteiger partial charge >= 0.3 is 0 Å². The molecule has 2 heterocycles. The molecule has 98 valence electrons. The quantitative estimate of drug-likeness (QED) is 0.882. The molecule has 1 fully saturated rings. The summed E-state index contributed by atoms with van der Waals surface area (Å²) in [6.45, 7) is 4.30. The van der Waals surface area contributed by atoms with Crippen molar-refractivity contribution in [2.24, 2.45) is 11.7 Å². The Labute approximate surface area is 108 Å². The summed E-state index contributed by atoms with van der Waals surface area (Å²) in [5.74, 6) is 0.617. The number of carbonyl (C=O) groups is 1. The van der Waals surface area contributed by atoms with Gasteiger partial charge in [-0.05, 0) is 50.3 Å². The van der Waals surface area contributed by atoms with Crippen molar-refractivity contribution in [2.45, 2.75) is 26.2 Å². The van der Waals surface area contributed by atoms with Crippen molar-refractivity contribution in [1.29, 1.82) is 0 Å². The zero-order valence-corrected chi connectivity index (χ0v) is 10.9. The van der Waals surface area contributed by atoms with Crippen molar-refractivity contribution in [1.82, 2.24) is 9.88 Å². The van der Waals surface area contributed by atoms with E-state index in [4.69, 9.17) is 5.73 Å². The molecule has 1 saturated heterocycles. The van der Waals surface area contributed by atoms with Gasteiger partial charge in [-0.15, -0.1) is 0 Å². The molecular formula is C14H21N3O. The molecule has 2 N–H and O–H groups in total. The SMILES string of the molecule is Cc1cccnc1C(=O)N1CCCC(CCN)C1. The van der Waals surface area contributed by atoms with Gasteiger partial charge in [-0.25, -0.2) is 0 Å². The molecule has 0 saturated carbocycles. The van der Waals surface area contributed by atoms with Gasteiger partial charge in [-0.2, -0.15) is 0 Å². The number of nitrogens with zero attached hydrogens (tertiary/aromatic N) is 2. The van der Waals surface area contributed by atoms with Crippen LogP contribution in [0.3, 0.4) is 0 Å². The van der Waals surface area contributed by atoms with E-state index in [2.05, 4.69) is 4.98 Å². The maximum atomic E-state index is 12.4. The van der Waals surface area contributed by atoms with E-state index in [9.17, 15) is 4.79 Å². The Bertz CT molecular complexity index is 417. The lowest BCUT2D eigenvalue weighted by atomic mass is 9.94. The lowest BCUT2D eigenvalue weighted by Gasteiger charge is -2.32. The molecule has 1 unspecified atom stereocenters. The van der Waals surface area contributed by atoms with Crippen LogP contribution in [-0.2, 0) is 0 Å². The second-order valence-electron chi connectivity index (χ2n) is 5.01. The molecule has 0 aromatic carbocycles. The summed E-state index contributed by atoms with van der Waals surface area (Å²) in [6.07, 6.45) is 4.94. The highest BCUT2D eigenvalue weighted by molar-refractivity contribution is 5.93. The number of nitrogens with two attached hydrogens (primary N) is 1. The van der Waals surface area contributed by atoms with E-state index in [0.29, 0.717) is 18.2 Å². The molecule has 0 bridgehead atoms. The first kappa shape index (κ1) is 13.0. The third-order valence-corrected chi connectivity index (χ3v) is 3.59. The molecule has 1 atom stereocenters. The van der Waals surface area contributed by atoms with Gasteiger partial charge in [0.15, 0.2) is 0 Å². The third-order valence-electron chi connectivity index (χ3n) is 3.59. The highest BCUT2D eigenvalue weighted by atomic mass is 16.2. The lowest BCUT2D eigenvalue weighted by molar-refractivity contribution is 0.0662. The van der Waals surface area contributed by atoms with E-state index in [-0.39, 0.29) is 5.91 Å². The number of hydrogen-bond donors (Lipinski definition) is 1. The zero-order chi connectivity index (χ0) is 13.0. The second kappa shape index (κ2) is 5.96. The molecule has 1 aliphatic heterocycles. The Morgan fingerprint density at radius 2 is 2.44 bits per heavy atom. The number of aryl methyl sites for hydroxylation is 1. The van der Waals surface area contributed by atoms with Crippen LogP contribution in [0.5, 0.6) is 0 Å². The molecule has 1 aromatic rings. The van der Waals surface area contributed by atoms with Gasteiger partial charge in [0, 0.05) is 19.3 Å². The Morgan fingerprint density at radius 3 is 3.17 bits per heavy atom. The maximum Gasteiger partial charge on any atom is 0.272 e. The molecule has 4 heteroatoms. The van der Waals surface area contributed by atoms with E-state index in [1.807, 2.05) is 24.0 Å². The van der Waals surface area contributed by atoms with Crippen LogP contribution < -0.4 is 5.73 Å². The Hall–Kier alpha value is -1.42. The van der Waals surface area contributed by atoms with Crippen molar-refractivity contribution in [3.05, 3.63) is 29.6 Å². The number of carbonyl (C=O) groups excluding carboxylic acids is 1. The van der Waals surface area contributed by atoms with Gasteiger partial charge in [-0.1, -0.05) is 6.07 Å². The van der Waals surface area contributed by atoms with Crippen LogP contribution in [-0.4, -0.2) is 35.4 Å². The standard InChI is InChI=1S/C14H21N3O/c1-11-4-2-8-16-13(11)14(18)17-9-3-5-12(10-17)6-7-15/h2,4,8,12H,3,5-7,9-10,15H2,1H3. The van der Waals surface area contributed by atoms with Gasteiger partial charge < -0.3 is 10.6 Å². The van der Waals surface area contributed by atoms with E-state index in [1.54, 1.807) is 6.20 Å². The fourth-order valence-electron chi connectivity index (χ4n) is 2.58. The molecule has 18 heavy (non-hydrogen) atoms. The monoisotopic (exact) mass is 247 g/mol. The number of rotatable bonds is 3. The van der Waals surface area contributed by atoms with E-state index >= 15 is 0 Å². The normalized spacial score (nSPS) is 19.9. The second-order valence-corrected chi connectivity index (χ2v) is 5.01. The number of hydrogen-bond acceptors (Lipinski definition) is 3. The van der Waals surface area contributed by atoms with Gasteiger partial charge in [-0.3, -0.25) is 9.78 Å². The Morgan fingerprint density at radius 1 is 1.61 bits per heavy atom. The van der Waals surface area contributed by atoms with Crippen LogP contribution in [0.2, 0.25) is 0 Å². The fraction of sp³-hybridized carbons (Fsp3) is 0.571. The van der Waals surface area contributed by atoms with Crippen LogP contribution in [0.15, 0.2) is 18.3 Å². The number of piperidine rings is 1. The van der Waals surface area contributed by atoms with Crippen molar-refractivity contribution in [3.63, 3.8) is 0 Å².